The molecule has 0 fully saturated rings. The molecule has 1 heterocycles. The second kappa shape index (κ2) is 5.98. The maximum atomic E-state index is 9.79. The Balaban J connectivity index is 0.00000225. The molecule has 0 saturated heterocycles. The topological polar surface area (TPSA) is 84.1 Å². The van der Waals surface area contributed by atoms with Crippen molar-refractivity contribution in [2.45, 2.75) is 32.4 Å². The van der Waals surface area contributed by atoms with Crippen LogP contribution in [-0.2, 0) is 0 Å². The number of nitrogens with two attached hydrogens (primary N) is 1. The Labute approximate surface area is 102 Å². The Morgan fingerprint density at radius 1 is 1.38 bits per heavy atom. The molecule has 92 valence electrons. The molecule has 0 radical (unpaired) electrons. The number of hydrogen-bond donors (Lipinski definition) is 3. The van der Waals surface area contributed by atoms with Gasteiger partial charge in [0, 0.05) is 30.0 Å². The summed E-state index contributed by atoms with van der Waals surface area (Å²) in [5.74, 6) is 0.217. The summed E-state index contributed by atoms with van der Waals surface area (Å²) in [5.41, 5.74) is 6.00. The molecule has 0 unspecified atom stereocenters. The van der Waals surface area contributed by atoms with Gasteiger partial charge in [-0.05, 0) is 20.8 Å². The fourth-order valence-corrected chi connectivity index (χ4v) is 1.04. The molecule has 1 aromatic heterocycles. The first-order chi connectivity index (χ1) is 6.88. The molecule has 1 rings (SSSR count). The summed E-state index contributed by atoms with van der Waals surface area (Å²) >= 11 is 0. The minimum atomic E-state index is -0.607. The Hall–Kier alpha value is -0.910. The molecule has 0 saturated carbocycles. The first kappa shape index (κ1) is 15.1. The fraction of sp³-hybridized carbons (Fsp3) is 0.600. The van der Waals surface area contributed by atoms with Gasteiger partial charge >= 0.3 is 0 Å². The average Bonchev–Trinajstić information content (AvgIpc) is 2.14. The van der Waals surface area contributed by atoms with Crippen LogP contribution in [0.25, 0.3) is 0 Å². The standard InChI is InChI=1S/C10H18N4O.ClH/c1-10(2,3)14-6-8(15)7-4-12-9(11)13-5-7;/h4-5,8,14-15H,6H2,1-3H3,(H2,11,12,13);1H/t8-;/m0./s1. The minimum Gasteiger partial charge on any atom is -0.387 e. The normalized spacial score (nSPS) is 13.0. The van der Waals surface area contributed by atoms with E-state index in [1.807, 2.05) is 20.8 Å². The number of aliphatic hydroxyl groups is 1. The molecule has 16 heavy (non-hydrogen) atoms. The van der Waals surface area contributed by atoms with E-state index in [9.17, 15) is 5.11 Å². The predicted molar refractivity (Wildman–Crippen MR) is 66.4 cm³/mol. The molecule has 5 nitrogen and oxygen atoms in total. The van der Waals surface area contributed by atoms with E-state index in [1.165, 1.54) is 12.4 Å². The van der Waals surface area contributed by atoms with Gasteiger partial charge in [0.2, 0.25) is 5.95 Å². The van der Waals surface area contributed by atoms with E-state index in [2.05, 4.69) is 15.3 Å². The highest BCUT2D eigenvalue weighted by Crippen LogP contribution is 2.11. The van der Waals surface area contributed by atoms with Crippen molar-refractivity contribution in [2.75, 3.05) is 12.3 Å². The fourth-order valence-electron chi connectivity index (χ4n) is 1.04. The van der Waals surface area contributed by atoms with Crippen LogP contribution in [0, 0.1) is 0 Å². The summed E-state index contributed by atoms with van der Waals surface area (Å²) in [4.78, 5) is 7.65. The van der Waals surface area contributed by atoms with Gasteiger partial charge in [-0.3, -0.25) is 0 Å². The van der Waals surface area contributed by atoms with Crippen LogP contribution < -0.4 is 11.1 Å². The van der Waals surface area contributed by atoms with E-state index in [0.717, 1.165) is 0 Å². The van der Waals surface area contributed by atoms with Crippen LogP contribution >= 0.6 is 12.4 Å². The van der Waals surface area contributed by atoms with Gasteiger partial charge in [-0.15, -0.1) is 12.4 Å². The largest absolute Gasteiger partial charge is 0.387 e. The van der Waals surface area contributed by atoms with Gasteiger partial charge in [-0.25, -0.2) is 9.97 Å². The second-order valence-corrected chi connectivity index (χ2v) is 4.52. The van der Waals surface area contributed by atoms with Crippen LogP contribution in [0.5, 0.6) is 0 Å². The summed E-state index contributed by atoms with van der Waals surface area (Å²) < 4.78 is 0. The maximum Gasteiger partial charge on any atom is 0.219 e. The van der Waals surface area contributed by atoms with Gasteiger partial charge in [0.25, 0.3) is 0 Å². The van der Waals surface area contributed by atoms with Crippen LogP contribution in [-0.4, -0.2) is 27.2 Å². The lowest BCUT2D eigenvalue weighted by molar-refractivity contribution is 0.162. The molecular weight excluding hydrogens is 228 g/mol. The van der Waals surface area contributed by atoms with Gasteiger partial charge in [-0.1, -0.05) is 0 Å². The Morgan fingerprint density at radius 2 is 1.88 bits per heavy atom. The van der Waals surface area contributed by atoms with Crippen molar-refractivity contribution >= 4 is 18.4 Å². The highest BCUT2D eigenvalue weighted by Gasteiger charge is 2.13. The predicted octanol–water partition coefficient (Wildman–Crippen LogP) is 0.902. The van der Waals surface area contributed by atoms with Gasteiger partial charge in [0.1, 0.15) is 0 Å². The highest BCUT2D eigenvalue weighted by molar-refractivity contribution is 5.85. The summed E-state index contributed by atoms with van der Waals surface area (Å²) in [6.07, 6.45) is 2.47. The zero-order valence-electron chi connectivity index (χ0n) is 9.77. The van der Waals surface area contributed by atoms with Gasteiger partial charge in [-0.2, -0.15) is 0 Å². The molecule has 1 atom stereocenters. The zero-order valence-corrected chi connectivity index (χ0v) is 10.6. The molecular formula is C10H19ClN4O. The quantitative estimate of drug-likeness (QED) is 0.738. The monoisotopic (exact) mass is 246 g/mol. The number of aliphatic hydroxyl groups excluding tert-OH is 1. The summed E-state index contributed by atoms with van der Waals surface area (Å²) in [7, 11) is 0. The third-order valence-electron chi connectivity index (χ3n) is 1.90. The Morgan fingerprint density at radius 3 is 2.31 bits per heavy atom. The van der Waals surface area contributed by atoms with Crippen molar-refractivity contribution in [1.82, 2.24) is 15.3 Å². The van der Waals surface area contributed by atoms with E-state index in [4.69, 9.17) is 5.73 Å². The van der Waals surface area contributed by atoms with Crippen molar-refractivity contribution in [3.05, 3.63) is 18.0 Å². The Kier molecular flexibility index (Phi) is 5.64. The summed E-state index contributed by atoms with van der Waals surface area (Å²) in [6, 6.07) is 0. The highest BCUT2D eigenvalue weighted by atomic mass is 35.5. The number of anilines is 1. The molecule has 0 bridgehead atoms. The van der Waals surface area contributed by atoms with E-state index in [1.54, 1.807) is 0 Å². The van der Waals surface area contributed by atoms with Crippen molar-refractivity contribution in [3.63, 3.8) is 0 Å². The minimum absolute atomic E-state index is 0. The number of β-amino-alcohol motifs (C(OH)–C–C–N with tert-alkyl or cyclic N) is 1. The van der Waals surface area contributed by atoms with E-state index in [0.29, 0.717) is 12.1 Å². The summed E-state index contributed by atoms with van der Waals surface area (Å²) in [6.45, 7) is 6.59. The third kappa shape index (κ3) is 5.25. The number of hydrogen-bond acceptors (Lipinski definition) is 5. The molecule has 6 heteroatoms. The van der Waals surface area contributed by atoms with E-state index in [-0.39, 0.29) is 23.9 Å². The zero-order chi connectivity index (χ0) is 11.5. The molecule has 0 aromatic carbocycles. The number of halogens is 1. The van der Waals surface area contributed by atoms with Crippen LogP contribution in [0.1, 0.15) is 32.4 Å². The molecule has 0 spiro atoms. The van der Waals surface area contributed by atoms with E-state index < -0.39 is 6.10 Å². The number of nitrogens with zero attached hydrogens (tertiary/aromatic N) is 2. The van der Waals surface area contributed by atoms with Crippen molar-refractivity contribution in [2.24, 2.45) is 0 Å². The molecule has 0 aliphatic carbocycles. The van der Waals surface area contributed by atoms with Gasteiger partial charge in [0.15, 0.2) is 0 Å². The Bertz CT molecular complexity index is 310. The summed E-state index contributed by atoms with van der Waals surface area (Å²) in [5, 5.41) is 13.0. The van der Waals surface area contributed by atoms with Gasteiger partial charge in [0.05, 0.1) is 6.10 Å². The lowest BCUT2D eigenvalue weighted by atomic mass is 10.1. The smallest absolute Gasteiger partial charge is 0.219 e. The SMILES string of the molecule is CC(C)(C)NC[C@H](O)c1cnc(N)nc1.Cl. The van der Waals surface area contributed by atoms with Crippen LogP contribution in [0.4, 0.5) is 5.95 Å². The molecule has 4 N–H and O–H groups in total. The molecule has 1 aromatic rings. The van der Waals surface area contributed by atoms with Crippen molar-refractivity contribution in [3.8, 4) is 0 Å². The number of nitrogens with one attached hydrogen (secondary N) is 1. The molecule has 0 aliphatic heterocycles. The number of aromatic nitrogens is 2. The lowest BCUT2D eigenvalue weighted by Crippen LogP contribution is -2.38. The maximum absolute atomic E-state index is 9.79. The lowest BCUT2D eigenvalue weighted by Gasteiger charge is -2.22. The molecule has 0 aliphatic rings. The van der Waals surface area contributed by atoms with Crippen LogP contribution in [0.15, 0.2) is 12.4 Å². The van der Waals surface area contributed by atoms with Crippen molar-refractivity contribution in [1.29, 1.82) is 0 Å². The average molecular weight is 247 g/mol. The second-order valence-electron chi connectivity index (χ2n) is 4.52. The number of nitrogen functional groups attached to an aromatic ring is 1. The van der Waals surface area contributed by atoms with Crippen LogP contribution in [0.3, 0.4) is 0 Å². The third-order valence-corrected chi connectivity index (χ3v) is 1.90. The number of rotatable bonds is 3. The van der Waals surface area contributed by atoms with Gasteiger partial charge < -0.3 is 16.2 Å². The van der Waals surface area contributed by atoms with Crippen LogP contribution in [0.2, 0.25) is 0 Å². The van der Waals surface area contributed by atoms with E-state index >= 15 is 0 Å². The van der Waals surface area contributed by atoms with Crippen molar-refractivity contribution < 1.29 is 5.11 Å². The first-order valence-electron chi connectivity index (χ1n) is 4.89. The first-order valence-corrected chi connectivity index (χ1v) is 4.89. The molecule has 0 amide bonds.